The van der Waals surface area contributed by atoms with Gasteiger partial charge in [-0.2, -0.15) is 5.10 Å². The molecule has 144 valence electrons. The monoisotopic (exact) mass is 380 g/mol. The van der Waals surface area contributed by atoms with Crippen LogP contribution in [-0.4, -0.2) is 47.8 Å². The lowest BCUT2D eigenvalue weighted by atomic mass is 10.1. The zero-order valence-corrected chi connectivity index (χ0v) is 15.8. The predicted molar refractivity (Wildman–Crippen MR) is 106 cm³/mol. The summed E-state index contributed by atoms with van der Waals surface area (Å²) in [5.74, 6) is -0.201. The van der Waals surface area contributed by atoms with Crippen molar-refractivity contribution >= 4 is 11.6 Å². The molecule has 1 amide bonds. The summed E-state index contributed by atoms with van der Waals surface area (Å²) in [5, 5.41) is 18.2. The number of benzene rings is 2. The van der Waals surface area contributed by atoms with Crippen LogP contribution >= 0.6 is 0 Å². The van der Waals surface area contributed by atoms with Crippen LogP contribution < -0.4 is 10.2 Å². The van der Waals surface area contributed by atoms with E-state index in [9.17, 15) is 14.9 Å². The van der Waals surface area contributed by atoms with Gasteiger partial charge in [0.25, 0.3) is 11.6 Å². The summed E-state index contributed by atoms with van der Waals surface area (Å²) >= 11 is 0. The summed E-state index contributed by atoms with van der Waals surface area (Å²) in [4.78, 5) is 24.4. The van der Waals surface area contributed by atoms with E-state index in [4.69, 9.17) is 0 Å². The lowest BCUT2D eigenvalue weighted by Crippen LogP contribution is -3.06. The number of likely N-dealkylation sites (N-methyl/N-ethyl adjacent to an activating group) is 1. The van der Waals surface area contributed by atoms with Crippen molar-refractivity contribution in [1.29, 1.82) is 0 Å². The van der Waals surface area contributed by atoms with Crippen LogP contribution in [0.25, 0.3) is 16.9 Å². The van der Waals surface area contributed by atoms with Crippen LogP contribution in [-0.2, 0) is 0 Å². The molecule has 0 fully saturated rings. The fourth-order valence-corrected chi connectivity index (χ4v) is 2.82. The number of hydrogen-bond acceptors (Lipinski definition) is 4. The first kappa shape index (κ1) is 19.2. The molecule has 3 aromatic rings. The van der Waals surface area contributed by atoms with Crippen molar-refractivity contribution in [2.45, 2.75) is 0 Å². The van der Waals surface area contributed by atoms with Crippen LogP contribution in [0.15, 0.2) is 60.8 Å². The van der Waals surface area contributed by atoms with Gasteiger partial charge < -0.3 is 10.2 Å². The van der Waals surface area contributed by atoms with Crippen molar-refractivity contribution < 1.29 is 14.6 Å². The minimum atomic E-state index is -0.448. The van der Waals surface area contributed by atoms with Gasteiger partial charge in [-0.25, -0.2) is 4.68 Å². The molecule has 0 spiro atoms. The molecule has 0 aliphatic carbocycles. The number of aromatic nitrogens is 2. The average molecular weight is 380 g/mol. The van der Waals surface area contributed by atoms with Crippen LogP contribution in [0.5, 0.6) is 0 Å². The second-order valence-corrected chi connectivity index (χ2v) is 6.67. The molecule has 1 heterocycles. The molecule has 8 nitrogen and oxygen atoms in total. The van der Waals surface area contributed by atoms with E-state index in [-0.39, 0.29) is 11.6 Å². The number of quaternary nitrogens is 1. The molecule has 0 bridgehead atoms. The Morgan fingerprint density at radius 3 is 2.43 bits per heavy atom. The highest BCUT2D eigenvalue weighted by molar-refractivity contribution is 6.00. The zero-order valence-electron chi connectivity index (χ0n) is 15.8. The van der Waals surface area contributed by atoms with Crippen LogP contribution in [0.3, 0.4) is 0 Å². The van der Waals surface area contributed by atoms with Gasteiger partial charge in [-0.3, -0.25) is 14.9 Å². The number of nitrogens with zero attached hydrogens (tertiary/aromatic N) is 3. The molecule has 2 N–H and O–H groups in total. The van der Waals surface area contributed by atoms with Gasteiger partial charge in [-0.05, 0) is 12.1 Å². The minimum Gasteiger partial charge on any atom is -0.346 e. The number of amides is 1. The fraction of sp³-hybridized carbons (Fsp3) is 0.200. The van der Waals surface area contributed by atoms with Crippen molar-refractivity contribution in [3.05, 3.63) is 76.5 Å². The molecular weight excluding hydrogens is 358 g/mol. The molecule has 0 saturated heterocycles. The van der Waals surface area contributed by atoms with Gasteiger partial charge in [0.2, 0.25) is 0 Å². The Hall–Kier alpha value is -3.52. The Kier molecular flexibility index (Phi) is 5.81. The Bertz CT molecular complexity index is 965. The molecule has 1 aromatic heterocycles. The maximum atomic E-state index is 12.7. The highest BCUT2D eigenvalue weighted by Crippen LogP contribution is 2.27. The second-order valence-electron chi connectivity index (χ2n) is 6.67. The molecule has 28 heavy (non-hydrogen) atoms. The second kappa shape index (κ2) is 8.45. The molecule has 0 radical (unpaired) electrons. The highest BCUT2D eigenvalue weighted by atomic mass is 16.6. The van der Waals surface area contributed by atoms with Crippen LogP contribution in [0.4, 0.5) is 5.69 Å². The molecule has 2 aromatic carbocycles. The van der Waals surface area contributed by atoms with Gasteiger partial charge in [-0.1, -0.05) is 30.3 Å². The maximum absolute atomic E-state index is 12.7. The minimum absolute atomic E-state index is 0.00122. The fourth-order valence-electron chi connectivity index (χ4n) is 2.82. The van der Waals surface area contributed by atoms with Crippen LogP contribution in [0.2, 0.25) is 0 Å². The average Bonchev–Trinajstić information content (AvgIpc) is 3.13. The van der Waals surface area contributed by atoms with Crippen molar-refractivity contribution in [2.75, 3.05) is 27.2 Å². The molecule has 0 atom stereocenters. The first-order valence-electron chi connectivity index (χ1n) is 8.93. The summed E-state index contributed by atoms with van der Waals surface area (Å²) in [6.45, 7) is 1.36. The van der Waals surface area contributed by atoms with E-state index < -0.39 is 4.92 Å². The number of nitro benzene ring substituents is 1. The summed E-state index contributed by atoms with van der Waals surface area (Å²) in [6, 6.07) is 15.6. The maximum Gasteiger partial charge on any atom is 0.269 e. The number of non-ortho nitro benzene ring substituents is 1. The van der Waals surface area contributed by atoms with E-state index in [0.29, 0.717) is 23.5 Å². The third kappa shape index (κ3) is 4.24. The Morgan fingerprint density at radius 1 is 1.14 bits per heavy atom. The van der Waals surface area contributed by atoms with E-state index in [2.05, 4.69) is 10.4 Å². The van der Waals surface area contributed by atoms with Gasteiger partial charge in [-0.15, -0.1) is 0 Å². The summed E-state index contributed by atoms with van der Waals surface area (Å²) in [7, 11) is 4.04. The Morgan fingerprint density at radius 2 is 1.82 bits per heavy atom. The number of nitro groups is 1. The summed E-state index contributed by atoms with van der Waals surface area (Å²) in [5.41, 5.74) is 2.58. The van der Waals surface area contributed by atoms with E-state index in [1.54, 1.807) is 16.8 Å². The van der Waals surface area contributed by atoms with Gasteiger partial charge in [0, 0.05) is 17.7 Å². The number of carbonyl (C=O) groups is 1. The quantitative estimate of drug-likeness (QED) is 0.477. The van der Waals surface area contributed by atoms with Gasteiger partial charge in [0.1, 0.15) is 0 Å². The Balaban J connectivity index is 2.00. The Labute approximate surface area is 162 Å². The molecule has 0 aliphatic rings. The van der Waals surface area contributed by atoms with E-state index in [0.717, 1.165) is 12.1 Å². The normalized spacial score (nSPS) is 10.8. The summed E-state index contributed by atoms with van der Waals surface area (Å²) in [6.07, 6.45) is 1.53. The first-order chi connectivity index (χ1) is 13.5. The van der Waals surface area contributed by atoms with Gasteiger partial charge in [0.05, 0.1) is 55.2 Å². The molecule has 3 rings (SSSR count). The molecule has 0 aliphatic heterocycles. The number of nitrogens with one attached hydrogen (secondary N) is 2. The third-order valence-electron chi connectivity index (χ3n) is 4.28. The molecular formula is C20H22N5O3+. The topological polar surface area (TPSA) is 94.5 Å². The predicted octanol–water partition coefficient (Wildman–Crippen LogP) is 1.32. The highest BCUT2D eigenvalue weighted by Gasteiger charge is 2.20. The van der Waals surface area contributed by atoms with Gasteiger partial charge in [0.15, 0.2) is 0 Å². The standard InChI is InChI=1S/C20H21N5O3/c1-23(2)13-12-21-20(26)18-14-22-24(19(18)15-6-4-3-5-7-15)16-8-10-17(11-9-16)25(27)28/h3-11,14H,12-13H2,1-2H3,(H,21,26)/p+1. The lowest BCUT2D eigenvalue weighted by molar-refractivity contribution is -0.856. The van der Waals surface area contributed by atoms with E-state index >= 15 is 0 Å². The number of hydrogen-bond donors (Lipinski definition) is 2. The number of carbonyl (C=O) groups excluding carboxylic acids is 1. The van der Waals surface area contributed by atoms with Crippen molar-refractivity contribution in [3.8, 4) is 16.9 Å². The largest absolute Gasteiger partial charge is 0.346 e. The smallest absolute Gasteiger partial charge is 0.269 e. The van der Waals surface area contributed by atoms with Crippen molar-refractivity contribution in [2.24, 2.45) is 0 Å². The van der Waals surface area contributed by atoms with Gasteiger partial charge >= 0.3 is 0 Å². The zero-order chi connectivity index (χ0) is 20.1. The number of rotatable bonds is 7. The van der Waals surface area contributed by atoms with Crippen molar-refractivity contribution in [3.63, 3.8) is 0 Å². The van der Waals surface area contributed by atoms with E-state index in [1.807, 2.05) is 44.4 Å². The van der Waals surface area contributed by atoms with E-state index in [1.165, 1.54) is 23.2 Å². The SMILES string of the molecule is C[NH+](C)CCNC(=O)c1cnn(-c2ccc([N+](=O)[O-])cc2)c1-c1ccccc1. The molecule has 8 heteroatoms. The lowest BCUT2D eigenvalue weighted by Gasteiger charge is -2.11. The summed E-state index contributed by atoms with van der Waals surface area (Å²) < 4.78 is 1.63. The molecule has 0 saturated carbocycles. The third-order valence-corrected chi connectivity index (χ3v) is 4.28. The molecule has 0 unspecified atom stereocenters. The van der Waals surface area contributed by atoms with Crippen LogP contribution in [0.1, 0.15) is 10.4 Å². The van der Waals surface area contributed by atoms with Crippen LogP contribution in [0, 0.1) is 10.1 Å². The van der Waals surface area contributed by atoms with Crippen molar-refractivity contribution in [1.82, 2.24) is 15.1 Å². The first-order valence-corrected chi connectivity index (χ1v) is 8.93.